The van der Waals surface area contributed by atoms with Gasteiger partial charge in [-0.15, -0.1) is 0 Å². The van der Waals surface area contributed by atoms with Crippen LogP contribution in [-0.4, -0.2) is 4.98 Å². The third kappa shape index (κ3) is 2.55. The highest BCUT2D eigenvalue weighted by atomic mass is 14.7. The van der Waals surface area contributed by atoms with Crippen molar-refractivity contribution in [3.63, 3.8) is 0 Å². The van der Waals surface area contributed by atoms with E-state index in [1.807, 2.05) is 0 Å². The highest BCUT2D eigenvalue weighted by Crippen LogP contribution is 2.32. The number of pyridine rings is 1. The summed E-state index contributed by atoms with van der Waals surface area (Å²) in [6.45, 7) is 0. The molecule has 1 aromatic rings. The van der Waals surface area contributed by atoms with Gasteiger partial charge < -0.3 is 0 Å². The van der Waals surface area contributed by atoms with Crippen molar-refractivity contribution < 1.29 is 0 Å². The Morgan fingerprint density at radius 3 is 2.61 bits per heavy atom. The predicted molar refractivity (Wildman–Crippen MR) is 76.4 cm³/mol. The summed E-state index contributed by atoms with van der Waals surface area (Å²) >= 11 is 0. The molecule has 94 valence electrons. The Morgan fingerprint density at radius 1 is 1.06 bits per heavy atom. The first-order chi connectivity index (χ1) is 8.93. The standard InChI is InChI=1S/C17H21N/c1-3-7-14(8-4-1)16-11-12-17(18-13-16)15-9-5-2-6-10-15/h2,5,9,11-14H,1,3-4,6-8,10H2. The average Bonchev–Trinajstić information content (AvgIpc) is 2.49. The third-order valence-corrected chi connectivity index (χ3v) is 4.21. The second-order valence-corrected chi connectivity index (χ2v) is 5.47. The van der Waals surface area contributed by atoms with Crippen LogP contribution in [0.3, 0.4) is 0 Å². The van der Waals surface area contributed by atoms with E-state index in [4.69, 9.17) is 0 Å². The Bertz CT molecular complexity index is 447. The summed E-state index contributed by atoms with van der Waals surface area (Å²) in [5.41, 5.74) is 4.00. The number of aromatic nitrogens is 1. The van der Waals surface area contributed by atoms with Crippen LogP contribution in [0.1, 0.15) is 62.1 Å². The van der Waals surface area contributed by atoms with Crippen molar-refractivity contribution in [2.45, 2.75) is 50.9 Å². The maximum atomic E-state index is 4.68. The van der Waals surface area contributed by atoms with E-state index in [2.05, 4.69) is 41.5 Å². The Kier molecular flexibility index (Phi) is 3.59. The minimum atomic E-state index is 0.764. The quantitative estimate of drug-likeness (QED) is 0.718. The largest absolute Gasteiger partial charge is 0.256 e. The first-order valence-electron chi connectivity index (χ1n) is 7.25. The van der Waals surface area contributed by atoms with Crippen LogP contribution in [0.25, 0.3) is 5.57 Å². The zero-order valence-electron chi connectivity index (χ0n) is 10.9. The van der Waals surface area contributed by atoms with Crippen LogP contribution < -0.4 is 0 Å². The van der Waals surface area contributed by atoms with Crippen molar-refractivity contribution in [2.24, 2.45) is 0 Å². The van der Waals surface area contributed by atoms with Gasteiger partial charge in [-0.1, -0.05) is 43.6 Å². The number of rotatable bonds is 2. The van der Waals surface area contributed by atoms with E-state index in [1.165, 1.54) is 48.9 Å². The van der Waals surface area contributed by atoms with Gasteiger partial charge in [0.25, 0.3) is 0 Å². The molecule has 1 fully saturated rings. The Labute approximate surface area is 110 Å². The molecule has 0 aromatic carbocycles. The fraction of sp³-hybridized carbons (Fsp3) is 0.471. The molecule has 18 heavy (non-hydrogen) atoms. The lowest BCUT2D eigenvalue weighted by atomic mass is 9.84. The summed E-state index contributed by atoms with van der Waals surface area (Å²) < 4.78 is 0. The van der Waals surface area contributed by atoms with Crippen LogP contribution in [-0.2, 0) is 0 Å². The normalized spacial score (nSPS) is 20.8. The van der Waals surface area contributed by atoms with Crippen LogP contribution in [0.4, 0.5) is 0 Å². The highest BCUT2D eigenvalue weighted by molar-refractivity contribution is 5.65. The zero-order valence-corrected chi connectivity index (χ0v) is 10.9. The van der Waals surface area contributed by atoms with E-state index in [-0.39, 0.29) is 0 Å². The molecule has 0 spiro atoms. The molecule has 0 saturated heterocycles. The SMILES string of the molecule is C1=CCCC(c2ccc(C3CCCCC3)cn2)=C1. The summed E-state index contributed by atoms with van der Waals surface area (Å²) in [5, 5.41) is 0. The molecular weight excluding hydrogens is 218 g/mol. The summed E-state index contributed by atoms with van der Waals surface area (Å²) in [4.78, 5) is 4.68. The van der Waals surface area contributed by atoms with Crippen LogP contribution in [0.15, 0.2) is 36.6 Å². The van der Waals surface area contributed by atoms with E-state index in [1.54, 1.807) is 0 Å². The second kappa shape index (κ2) is 5.51. The minimum Gasteiger partial charge on any atom is -0.256 e. The van der Waals surface area contributed by atoms with Gasteiger partial charge in [0.1, 0.15) is 0 Å². The molecule has 0 atom stereocenters. The topological polar surface area (TPSA) is 12.9 Å². The molecule has 1 heterocycles. The Balaban J connectivity index is 1.76. The summed E-state index contributed by atoms with van der Waals surface area (Å²) in [5.74, 6) is 0.764. The molecule has 2 aliphatic rings. The fourth-order valence-electron chi connectivity index (χ4n) is 3.09. The predicted octanol–water partition coefficient (Wildman–Crippen LogP) is 4.86. The monoisotopic (exact) mass is 239 g/mol. The van der Waals surface area contributed by atoms with Gasteiger partial charge in [-0.3, -0.25) is 4.98 Å². The van der Waals surface area contributed by atoms with Crippen LogP contribution in [0, 0.1) is 0 Å². The smallest absolute Gasteiger partial charge is 0.0661 e. The van der Waals surface area contributed by atoms with Gasteiger partial charge >= 0.3 is 0 Å². The van der Waals surface area contributed by atoms with E-state index in [0.29, 0.717) is 0 Å². The van der Waals surface area contributed by atoms with Crippen LogP contribution >= 0.6 is 0 Å². The summed E-state index contributed by atoms with van der Waals surface area (Å²) in [6, 6.07) is 4.52. The Hall–Kier alpha value is -1.37. The zero-order chi connectivity index (χ0) is 12.2. The number of hydrogen-bond acceptors (Lipinski definition) is 1. The van der Waals surface area contributed by atoms with Gasteiger partial charge in [0.15, 0.2) is 0 Å². The molecule has 1 heteroatoms. The van der Waals surface area contributed by atoms with Gasteiger partial charge in [0.05, 0.1) is 5.69 Å². The molecule has 0 bridgehead atoms. The minimum absolute atomic E-state index is 0.764. The van der Waals surface area contributed by atoms with Gasteiger partial charge in [-0.25, -0.2) is 0 Å². The van der Waals surface area contributed by atoms with Crippen molar-refractivity contribution in [1.82, 2.24) is 4.98 Å². The van der Waals surface area contributed by atoms with Crippen molar-refractivity contribution in [3.8, 4) is 0 Å². The number of allylic oxidation sites excluding steroid dienone is 4. The fourth-order valence-corrected chi connectivity index (χ4v) is 3.09. The number of hydrogen-bond donors (Lipinski definition) is 0. The molecule has 1 nitrogen and oxygen atoms in total. The molecule has 0 aliphatic heterocycles. The van der Waals surface area contributed by atoms with Gasteiger partial charge in [-0.05, 0) is 48.8 Å². The number of nitrogens with zero attached hydrogens (tertiary/aromatic N) is 1. The molecule has 0 radical (unpaired) electrons. The van der Waals surface area contributed by atoms with Crippen molar-refractivity contribution in [1.29, 1.82) is 0 Å². The lowest BCUT2D eigenvalue weighted by molar-refractivity contribution is 0.443. The van der Waals surface area contributed by atoms with Crippen LogP contribution in [0.2, 0.25) is 0 Å². The molecule has 0 unspecified atom stereocenters. The average molecular weight is 239 g/mol. The Morgan fingerprint density at radius 2 is 1.94 bits per heavy atom. The molecule has 3 rings (SSSR count). The lowest BCUT2D eigenvalue weighted by Crippen LogP contribution is -2.05. The first-order valence-corrected chi connectivity index (χ1v) is 7.25. The molecule has 2 aliphatic carbocycles. The maximum Gasteiger partial charge on any atom is 0.0661 e. The maximum absolute atomic E-state index is 4.68. The summed E-state index contributed by atoms with van der Waals surface area (Å²) in [7, 11) is 0. The molecular formula is C17H21N. The van der Waals surface area contributed by atoms with Crippen molar-refractivity contribution in [3.05, 3.63) is 47.8 Å². The van der Waals surface area contributed by atoms with Crippen molar-refractivity contribution in [2.75, 3.05) is 0 Å². The first kappa shape index (κ1) is 11.7. The highest BCUT2D eigenvalue weighted by Gasteiger charge is 2.16. The lowest BCUT2D eigenvalue weighted by Gasteiger charge is -2.21. The molecule has 1 aromatic heterocycles. The molecule has 0 amide bonds. The van der Waals surface area contributed by atoms with Gasteiger partial charge in [0, 0.05) is 6.20 Å². The van der Waals surface area contributed by atoms with Crippen LogP contribution in [0.5, 0.6) is 0 Å². The van der Waals surface area contributed by atoms with E-state index >= 15 is 0 Å². The van der Waals surface area contributed by atoms with E-state index < -0.39 is 0 Å². The molecule has 1 saturated carbocycles. The van der Waals surface area contributed by atoms with E-state index in [0.717, 1.165) is 18.8 Å². The summed E-state index contributed by atoms with van der Waals surface area (Å²) in [6.07, 6.45) is 17.9. The van der Waals surface area contributed by atoms with Gasteiger partial charge in [-0.2, -0.15) is 0 Å². The van der Waals surface area contributed by atoms with Gasteiger partial charge in [0.2, 0.25) is 0 Å². The van der Waals surface area contributed by atoms with E-state index in [9.17, 15) is 0 Å². The second-order valence-electron chi connectivity index (χ2n) is 5.47. The van der Waals surface area contributed by atoms with Crippen molar-refractivity contribution >= 4 is 5.57 Å². The third-order valence-electron chi connectivity index (χ3n) is 4.21. The molecule has 0 N–H and O–H groups in total.